The molecular weight excluding hydrogens is 518 g/mol. The zero-order valence-corrected chi connectivity index (χ0v) is 23.2. The van der Waals surface area contributed by atoms with Gasteiger partial charge in [-0.1, -0.05) is 0 Å². The molecule has 7 nitrogen and oxygen atoms in total. The number of hydrogen-bond donors (Lipinski definition) is 1. The van der Waals surface area contributed by atoms with Gasteiger partial charge in [0, 0.05) is 92.7 Å². The minimum Gasteiger partial charge on any atom is -0.370 e. The van der Waals surface area contributed by atoms with Crippen molar-refractivity contribution in [2.24, 2.45) is 7.05 Å². The number of nitrogens with zero attached hydrogens (tertiary/aromatic N) is 5. The third-order valence-electron chi connectivity index (χ3n) is 8.09. The van der Waals surface area contributed by atoms with E-state index < -0.39 is 6.43 Å². The molecule has 2 aromatic carbocycles. The number of aromatic nitrogens is 2. The quantitative estimate of drug-likeness (QED) is 0.472. The lowest BCUT2D eigenvalue weighted by Gasteiger charge is -2.39. The Morgan fingerprint density at radius 2 is 1.85 bits per heavy atom. The van der Waals surface area contributed by atoms with E-state index in [1.54, 1.807) is 37.2 Å². The predicted octanol–water partition coefficient (Wildman–Crippen LogP) is 5.36. The first-order valence-electron chi connectivity index (χ1n) is 13.6. The van der Waals surface area contributed by atoms with Gasteiger partial charge in [0.25, 0.3) is 6.43 Å². The number of alkyl halides is 2. The van der Waals surface area contributed by atoms with E-state index in [1.807, 2.05) is 22.7 Å². The first-order chi connectivity index (χ1) is 18.9. The van der Waals surface area contributed by atoms with Crippen LogP contribution >= 0.6 is 11.8 Å². The standard InChI is InChI=1S/C29H34F2N6OS/c1-32-29(38)36-7-5-19-12-22(35-8-10-39-11-9-35)14-27(25(19)18-36)37-6-3-4-20-13-23(21-16-33-34(2)17-21)24(28(30)31)15-26(20)37/h12-17,28H,3-11,18H2,1-2H3,(H,32,38). The summed E-state index contributed by atoms with van der Waals surface area (Å²) in [6.07, 6.45) is 3.36. The van der Waals surface area contributed by atoms with E-state index in [1.165, 1.54) is 11.3 Å². The van der Waals surface area contributed by atoms with Crippen LogP contribution < -0.4 is 15.1 Å². The first kappa shape index (κ1) is 26.0. The monoisotopic (exact) mass is 552 g/mol. The van der Waals surface area contributed by atoms with E-state index in [0.717, 1.165) is 72.9 Å². The van der Waals surface area contributed by atoms with Crippen LogP contribution in [0.3, 0.4) is 0 Å². The number of rotatable bonds is 4. The Balaban J connectivity index is 1.48. The molecule has 2 amide bonds. The topological polar surface area (TPSA) is 56.6 Å². The maximum absolute atomic E-state index is 14.5. The van der Waals surface area contributed by atoms with Crippen LogP contribution in [0.25, 0.3) is 11.1 Å². The first-order valence-corrected chi connectivity index (χ1v) is 14.7. The number of aryl methyl sites for hydroxylation is 2. The molecule has 1 saturated heterocycles. The normalized spacial score (nSPS) is 17.3. The largest absolute Gasteiger partial charge is 0.370 e. The molecule has 10 heteroatoms. The summed E-state index contributed by atoms with van der Waals surface area (Å²) < 4.78 is 30.6. The molecule has 0 bridgehead atoms. The molecule has 3 aliphatic rings. The van der Waals surface area contributed by atoms with Crippen molar-refractivity contribution in [3.63, 3.8) is 0 Å². The Morgan fingerprint density at radius 1 is 1.03 bits per heavy atom. The number of halogens is 2. The molecule has 0 atom stereocenters. The predicted molar refractivity (Wildman–Crippen MR) is 153 cm³/mol. The van der Waals surface area contributed by atoms with Crippen molar-refractivity contribution >= 4 is 34.9 Å². The lowest BCUT2D eigenvalue weighted by Crippen LogP contribution is -2.42. The summed E-state index contributed by atoms with van der Waals surface area (Å²) in [5.74, 6) is 2.19. The zero-order valence-electron chi connectivity index (χ0n) is 22.4. The molecule has 0 spiro atoms. The number of urea groups is 1. The number of hydrogen-bond acceptors (Lipinski definition) is 5. The van der Waals surface area contributed by atoms with Crippen LogP contribution in [0, 0.1) is 0 Å². The van der Waals surface area contributed by atoms with Crippen molar-refractivity contribution < 1.29 is 13.6 Å². The summed E-state index contributed by atoms with van der Waals surface area (Å²) in [7, 11) is 3.45. The third-order valence-corrected chi connectivity index (χ3v) is 9.03. The SMILES string of the molecule is CNC(=O)N1CCc2cc(N3CCSCC3)cc(N3CCCc4cc(-c5cnn(C)c5)c(C(F)F)cc43)c2C1. The number of anilines is 3. The maximum atomic E-state index is 14.5. The van der Waals surface area contributed by atoms with Gasteiger partial charge in [-0.15, -0.1) is 0 Å². The van der Waals surface area contributed by atoms with Crippen LogP contribution in [0.1, 0.15) is 35.1 Å². The van der Waals surface area contributed by atoms with E-state index in [4.69, 9.17) is 0 Å². The molecule has 3 aromatic rings. The summed E-state index contributed by atoms with van der Waals surface area (Å²) in [4.78, 5) is 19.1. The van der Waals surface area contributed by atoms with Crippen LogP contribution in [0.4, 0.5) is 30.6 Å². The van der Waals surface area contributed by atoms with Gasteiger partial charge in [0.1, 0.15) is 0 Å². The summed E-state index contributed by atoms with van der Waals surface area (Å²) in [5.41, 5.74) is 7.76. The van der Waals surface area contributed by atoms with Crippen LogP contribution in [-0.4, -0.2) is 65.4 Å². The third kappa shape index (κ3) is 4.95. The van der Waals surface area contributed by atoms with Gasteiger partial charge in [0.2, 0.25) is 0 Å². The van der Waals surface area contributed by atoms with Crippen molar-refractivity contribution in [3.8, 4) is 11.1 Å². The maximum Gasteiger partial charge on any atom is 0.317 e. The molecule has 1 fully saturated rings. The molecule has 4 heterocycles. The summed E-state index contributed by atoms with van der Waals surface area (Å²) >= 11 is 1.98. The number of fused-ring (bicyclic) bond motifs is 2. The molecule has 0 radical (unpaired) electrons. The van der Waals surface area contributed by atoms with Crippen molar-refractivity contribution in [1.29, 1.82) is 0 Å². The molecule has 206 valence electrons. The molecule has 39 heavy (non-hydrogen) atoms. The second-order valence-electron chi connectivity index (χ2n) is 10.5. The minimum absolute atomic E-state index is 0.0266. The molecule has 0 unspecified atom stereocenters. The fourth-order valence-corrected chi connectivity index (χ4v) is 7.00. The van der Waals surface area contributed by atoms with Crippen molar-refractivity contribution in [3.05, 3.63) is 58.9 Å². The highest BCUT2D eigenvalue weighted by atomic mass is 32.2. The lowest BCUT2D eigenvalue weighted by molar-refractivity contribution is 0.152. The van der Waals surface area contributed by atoms with Gasteiger partial charge in [0.05, 0.1) is 6.20 Å². The molecular formula is C29H34F2N6OS. The van der Waals surface area contributed by atoms with Crippen LogP contribution in [-0.2, 0) is 26.4 Å². The van der Waals surface area contributed by atoms with Crippen LogP contribution in [0.5, 0.6) is 0 Å². The Labute approximate surface area is 232 Å². The molecule has 1 aromatic heterocycles. The van der Waals surface area contributed by atoms with Gasteiger partial charge in [-0.2, -0.15) is 16.9 Å². The number of nitrogens with one attached hydrogen (secondary N) is 1. The van der Waals surface area contributed by atoms with Gasteiger partial charge in [-0.3, -0.25) is 4.68 Å². The van der Waals surface area contributed by atoms with Crippen LogP contribution in [0.15, 0.2) is 36.7 Å². The molecule has 0 saturated carbocycles. The van der Waals surface area contributed by atoms with Gasteiger partial charge in [-0.25, -0.2) is 13.6 Å². The Hall–Kier alpha value is -3.27. The highest BCUT2D eigenvalue weighted by Crippen LogP contribution is 2.44. The van der Waals surface area contributed by atoms with Gasteiger partial charge in [0.15, 0.2) is 0 Å². The summed E-state index contributed by atoms with van der Waals surface area (Å²) in [6, 6.07) is 8.06. The van der Waals surface area contributed by atoms with E-state index in [-0.39, 0.29) is 11.6 Å². The smallest absolute Gasteiger partial charge is 0.317 e. The van der Waals surface area contributed by atoms with E-state index in [2.05, 4.69) is 32.3 Å². The lowest BCUT2D eigenvalue weighted by atomic mass is 9.91. The van der Waals surface area contributed by atoms with E-state index >= 15 is 0 Å². The van der Waals surface area contributed by atoms with Crippen molar-refractivity contribution in [1.82, 2.24) is 20.0 Å². The molecule has 3 aliphatic heterocycles. The summed E-state index contributed by atoms with van der Waals surface area (Å²) in [5, 5.41) is 6.98. The van der Waals surface area contributed by atoms with Crippen LogP contribution in [0.2, 0.25) is 0 Å². The average molecular weight is 553 g/mol. The highest BCUT2D eigenvalue weighted by Gasteiger charge is 2.30. The number of carbonyl (C=O) groups is 1. The van der Waals surface area contributed by atoms with Crippen molar-refractivity contribution in [2.45, 2.75) is 32.2 Å². The number of carbonyl (C=O) groups excluding carboxylic acids is 1. The van der Waals surface area contributed by atoms with E-state index in [0.29, 0.717) is 24.2 Å². The Kier molecular flexibility index (Phi) is 7.14. The molecule has 6 rings (SSSR count). The van der Waals surface area contributed by atoms with Crippen molar-refractivity contribution in [2.75, 3.05) is 54.5 Å². The molecule has 0 aliphatic carbocycles. The highest BCUT2D eigenvalue weighted by molar-refractivity contribution is 7.99. The second kappa shape index (κ2) is 10.7. The fourth-order valence-electron chi connectivity index (χ4n) is 6.10. The molecule has 1 N–H and O–H groups in total. The number of thioether (sulfide) groups is 1. The fraction of sp³-hybridized carbons (Fsp3) is 0.448. The second-order valence-corrected chi connectivity index (χ2v) is 11.7. The number of amides is 2. The summed E-state index contributed by atoms with van der Waals surface area (Å²) in [6.45, 7) is 3.89. The Bertz CT molecular complexity index is 1390. The van der Waals surface area contributed by atoms with Gasteiger partial charge in [-0.05, 0) is 65.8 Å². The van der Waals surface area contributed by atoms with E-state index in [9.17, 15) is 13.6 Å². The van der Waals surface area contributed by atoms with Gasteiger partial charge < -0.3 is 20.0 Å². The minimum atomic E-state index is -2.61. The Morgan fingerprint density at radius 3 is 2.56 bits per heavy atom. The van der Waals surface area contributed by atoms with Gasteiger partial charge >= 0.3 is 6.03 Å². The number of benzene rings is 2. The zero-order chi connectivity index (χ0) is 27.1. The average Bonchev–Trinajstić information content (AvgIpc) is 3.41.